The third-order valence-corrected chi connectivity index (χ3v) is 1.61. The molecular formula is C9H17N3O7. The molecule has 0 saturated carbocycles. The molecular weight excluding hydrogens is 262 g/mol. The van der Waals surface area contributed by atoms with Crippen molar-refractivity contribution < 1.29 is 34.0 Å². The minimum Gasteiger partial charge on any atom is -0.569 e. The number of hydrogen-bond acceptors (Lipinski definition) is 7. The normalized spacial score (nSPS) is 11.1. The summed E-state index contributed by atoms with van der Waals surface area (Å²) in [6, 6.07) is 0. The number of carbonyl (C=O) groups excluding carboxylic acids is 1. The second-order valence-corrected chi connectivity index (χ2v) is 3.52. The van der Waals surface area contributed by atoms with Crippen LogP contribution in [-0.4, -0.2) is 53.2 Å². The quantitative estimate of drug-likeness (QED) is 0.172. The van der Waals surface area contributed by atoms with Crippen LogP contribution in [0.25, 0.3) is 0 Å². The summed E-state index contributed by atoms with van der Waals surface area (Å²) in [7, 11) is 0. The van der Waals surface area contributed by atoms with Crippen molar-refractivity contribution in [3.8, 4) is 0 Å². The molecule has 0 rings (SSSR count). The van der Waals surface area contributed by atoms with E-state index in [4.69, 9.17) is 5.11 Å². The van der Waals surface area contributed by atoms with Crippen molar-refractivity contribution in [3.63, 3.8) is 0 Å². The highest BCUT2D eigenvalue weighted by Crippen LogP contribution is 1.95. The van der Waals surface area contributed by atoms with Gasteiger partial charge in [-0.15, -0.1) is 5.01 Å². The molecule has 0 aliphatic carbocycles. The summed E-state index contributed by atoms with van der Waals surface area (Å²) in [5.41, 5.74) is 0. The number of carboxylic acids is 1. The summed E-state index contributed by atoms with van der Waals surface area (Å²) in [5, 5.41) is 23.6. The molecule has 0 radical (unpaired) electrons. The number of rotatable bonds is 8. The highest BCUT2D eigenvalue weighted by atomic mass is 16.8. The topological polar surface area (TPSA) is 124 Å². The molecule has 110 valence electrons. The Morgan fingerprint density at radius 2 is 2.11 bits per heavy atom. The maximum absolute atomic E-state index is 11.2. The lowest BCUT2D eigenvalue weighted by atomic mass is 10.5. The molecule has 0 aromatic heterocycles. The lowest BCUT2D eigenvalue weighted by Crippen LogP contribution is -2.35. The van der Waals surface area contributed by atoms with Crippen molar-refractivity contribution in [2.45, 2.75) is 26.9 Å². The van der Waals surface area contributed by atoms with Crippen LogP contribution in [-0.2, 0) is 19.1 Å². The third-order valence-electron chi connectivity index (χ3n) is 1.61. The summed E-state index contributed by atoms with van der Waals surface area (Å²) in [4.78, 5) is 25.7. The molecule has 0 atom stereocenters. The average molecular weight is 279 g/mol. The first-order valence-corrected chi connectivity index (χ1v) is 5.47. The van der Waals surface area contributed by atoms with Gasteiger partial charge in [-0.05, 0) is 20.8 Å². The molecule has 0 amide bonds. The first-order valence-electron chi connectivity index (χ1n) is 5.47. The lowest BCUT2D eigenvalue weighted by molar-refractivity contribution is -0.709. The van der Waals surface area contributed by atoms with E-state index in [0.29, 0.717) is 0 Å². The summed E-state index contributed by atoms with van der Waals surface area (Å²) in [6.07, 6.45) is -1.30. The van der Waals surface area contributed by atoms with Crippen LogP contribution in [0.5, 0.6) is 0 Å². The van der Waals surface area contributed by atoms with Gasteiger partial charge in [0.2, 0.25) is 5.28 Å². The monoisotopic (exact) mass is 279 g/mol. The SMILES string of the molecule is CCN(CC(=O)O)/[N+]([O-])=N/OCOC(=O)OC(C)C. The molecule has 0 aliphatic rings. The number of ether oxygens (including phenoxy) is 2. The highest BCUT2D eigenvalue weighted by molar-refractivity contribution is 5.68. The number of carbonyl (C=O) groups is 2. The van der Waals surface area contributed by atoms with Crippen molar-refractivity contribution in [1.82, 2.24) is 5.01 Å². The predicted octanol–water partition coefficient (Wildman–Crippen LogP) is 0.721. The molecule has 0 saturated heterocycles. The number of hydrogen-bond donors (Lipinski definition) is 1. The number of carboxylic acid groups (broad SMARTS) is 1. The van der Waals surface area contributed by atoms with Gasteiger partial charge in [-0.3, -0.25) is 4.79 Å². The van der Waals surface area contributed by atoms with E-state index < -0.39 is 25.5 Å². The number of aliphatic carboxylic acids is 1. The Morgan fingerprint density at radius 1 is 1.47 bits per heavy atom. The van der Waals surface area contributed by atoms with Gasteiger partial charge in [0.15, 0.2) is 6.54 Å². The first-order chi connectivity index (χ1) is 8.86. The standard InChI is InChI=1S/C9H17N3O7/c1-4-11(5-8(13)14)12(16)10-18-6-17-9(15)19-7(2)3/h7H,4-6H2,1-3H3,(H,13,14)/b12-10-. The summed E-state index contributed by atoms with van der Waals surface area (Å²) < 4.78 is 9.04. The van der Waals surface area contributed by atoms with Gasteiger partial charge in [-0.2, -0.15) is 0 Å². The van der Waals surface area contributed by atoms with E-state index >= 15 is 0 Å². The molecule has 0 aromatic rings. The van der Waals surface area contributed by atoms with E-state index in [1.54, 1.807) is 20.8 Å². The Hall–Kier alpha value is -2.26. The summed E-state index contributed by atoms with van der Waals surface area (Å²) >= 11 is 0. The van der Waals surface area contributed by atoms with Gasteiger partial charge in [0.05, 0.1) is 17.6 Å². The van der Waals surface area contributed by atoms with Crippen LogP contribution in [0.15, 0.2) is 5.28 Å². The lowest BCUT2D eigenvalue weighted by Gasteiger charge is -2.13. The smallest absolute Gasteiger partial charge is 0.511 e. The first kappa shape index (κ1) is 16.7. The van der Waals surface area contributed by atoms with Crippen molar-refractivity contribution >= 4 is 12.1 Å². The van der Waals surface area contributed by atoms with Crippen molar-refractivity contribution in [3.05, 3.63) is 5.21 Å². The van der Waals surface area contributed by atoms with Gasteiger partial charge >= 0.3 is 12.1 Å². The highest BCUT2D eigenvalue weighted by Gasteiger charge is 2.15. The molecule has 0 spiro atoms. The molecule has 0 fully saturated rings. The minimum absolute atomic E-state index is 0.0364. The second kappa shape index (κ2) is 8.78. The predicted molar refractivity (Wildman–Crippen MR) is 59.6 cm³/mol. The zero-order chi connectivity index (χ0) is 14.8. The van der Waals surface area contributed by atoms with Crippen LogP contribution in [0.3, 0.4) is 0 Å². The zero-order valence-electron chi connectivity index (χ0n) is 10.9. The van der Waals surface area contributed by atoms with Crippen LogP contribution in [0.4, 0.5) is 4.79 Å². The zero-order valence-corrected chi connectivity index (χ0v) is 10.9. The Morgan fingerprint density at radius 3 is 2.58 bits per heavy atom. The Bertz CT molecular complexity index is 332. The third kappa shape index (κ3) is 8.46. The van der Waals surface area contributed by atoms with Crippen LogP contribution in [0.1, 0.15) is 20.8 Å². The molecule has 19 heavy (non-hydrogen) atoms. The average Bonchev–Trinajstić information content (AvgIpc) is 2.30. The fraction of sp³-hybridized carbons (Fsp3) is 0.778. The fourth-order valence-corrected chi connectivity index (χ4v) is 0.875. The second-order valence-electron chi connectivity index (χ2n) is 3.52. The van der Waals surface area contributed by atoms with Crippen molar-refractivity contribution in [2.24, 2.45) is 5.28 Å². The van der Waals surface area contributed by atoms with Gasteiger partial charge in [-0.1, -0.05) is 0 Å². The van der Waals surface area contributed by atoms with E-state index in [0.717, 1.165) is 5.01 Å². The van der Waals surface area contributed by atoms with E-state index in [1.807, 2.05) is 0 Å². The maximum atomic E-state index is 11.2. The van der Waals surface area contributed by atoms with E-state index in [1.165, 1.54) is 0 Å². The molecule has 0 bridgehead atoms. The van der Waals surface area contributed by atoms with E-state index in [-0.39, 0.29) is 17.6 Å². The van der Waals surface area contributed by atoms with Crippen molar-refractivity contribution in [1.29, 1.82) is 0 Å². The molecule has 1 N–H and O–H groups in total. The van der Waals surface area contributed by atoms with Gasteiger partial charge in [0, 0.05) is 0 Å². The molecule has 0 unspecified atom stereocenters. The van der Waals surface area contributed by atoms with Gasteiger partial charge in [0.25, 0.3) is 6.79 Å². The van der Waals surface area contributed by atoms with Gasteiger partial charge < -0.3 is 24.6 Å². The fourth-order valence-electron chi connectivity index (χ4n) is 0.875. The summed E-state index contributed by atoms with van der Waals surface area (Å²) in [6.45, 7) is 3.82. The molecule has 0 aliphatic heterocycles. The molecule has 10 nitrogen and oxygen atoms in total. The Labute approximate surface area is 109 Å². The van der Waals surface area contributed by atoms with E-state index in [9.17, 15) is 14.8 Å². The largest absolute Gasteiger partial charge is 0.569 e. The minimum atomic E-state index is -1.19. The molecule has 0 heterocycles. The Kier molecular flexibility index (Phi) is 7.73. The summed E-state index contributed by atoms with van der Waals surface area (Å²) in [5.74, 6) is -1.19. The molecule has 0 aromatic carbocycles. The number of nitrogens with zero attached hydrogens (tertiary/aromatic N) is 3. The molecule has 10 heteroatoms. The number of likely N-dealkylation sites (N-methyl/N-ethyl adjacent to an activating group) is 1. The van der Waals surface area contributed by atoms with Crippen LogP contribution in [0.2, 0.25) is 0 Å². The van der Waals surface area contributed by atoms with E-state index in [2.05, 4.69) is 19.6 Å². The maximum Gasteiger partial charge on any atom is 0.511 e. The van der Waals surface area contributed by atoms with Gasteiger partial charge in [-0.25, -0.2) is 4.79 Å². The number of hydrazine groups is 1. The van der Waals surface area contributed by atoms with Crippen LogP contribution >= 0.6 is 0 Å². The Balaban J connectivity index is 4.03. The van der Waals surface area contributed by atoms with Crippen LogP contribution in [0, 0.1) is 5.21 Å². The van der Waals surface area contributed by atoms with Crippen molar-refractivity contribution in [2.75, 3.05) is 19.9 Å². The van der Waals surface area contributed by atoms with Crippen LogP contribution < -0.4 is 0 Å². The van der Waals surface area contributed by atoms with Gasteiger partial charge in [0.1, 0.15) is 0 Å².